The van der Waals surface area contributed by atoms with Crippen LogP contribution in [-0.4, -0.2) is 0 Å². The summed E-state index contributed by atoms with van der Waals surface area (Å²) in [7, 11) is 0. The molecule has 0 heterocycles. The van der Waals surface area contributed by atoms with E-state index < -0.39 is 0 Å². The van der Waals surface area contributed by atoms with Gasteiger partial charge in [0.15, 0.2) is 0 Å². The van der Waals surface area contributed by atoms with Gasteiger partial charge in [-0.1, -0.05) is 135 Å². The molecule has 28 heavy (non-hydrogen) atoms. The van der Waals surface area contributed by atoms with Gasteiger partial charge in [-0.15, -0.1) is 0 Å². The minimum atomic E-state index is 0.214. The molecule has 0 fully saturated rings. The molecule has 0 radical (unpaired) electrons. The fourth-order valence-electron chi connectivity index (χ4n) is 4.22. The molecule has 0 aliphatic rings. The van der Waals surface area contributed by atoms with Gasteiger partial charge in [-0.05, 0) is 45.6 Å². The van der Waals surface area contributed by atoms with Crippen molar-refractivity contribution in [2.24, 2.45) is 10.8 Å². The zero-order valence-electron chi connectivity index (χ0n) is 22.7. The summed E-state index contributed by atoms with van der Waals surface area (Å²) in [6.07, 6.45) is 2.40. The van der Waals surface area contributed by atoms with Crippen LogP contribution in [0, 0.1) is 10.8 Å². The highest BCUT2D eigenvalue weighted by Crippen LogP contribution is 2.40. The van der Waals surface area contributed by atoms with E-state index >= 15 is 0 Å². The summed E-state index contributed by atoms with van der Waals surface area (Å²) in [6.45, 7) is 35.5. The van der Waals surface area contributed by atoms with Crippen LogP contribution in [0.4, 0.5) is 0 Å². The first-order valence-electron chi connectivity index (χ1n) is 11.7. The molecule has 0 heteroatoms. The zero-order valence-corrected chi connectivity index (χ0v) is 22.7. The van der Waals surface area contributed by atoms with Crippen molar-refractivity contribution in [3.05, 3.63) is 35.4 Å². The van der Waals surface area contributed by atoms with E-state index in [0.29, 0.717) is 10.8 Å². The second-order valence-electron chi connectivity index (χ2n) is 10.8. The van der Waals surface area contributed by atoms with Crippen molar-refractivity contribution in [3.63, 3.8) is 0 Å². The fraction of sp³-hybridized carbons (Fsp3) is 0.786. The van der Waals surface area contributed by atoms with E-state index in [4.69, 9.17) is 0 Å². The van der Waals surface area contributed by atoms with Gasteiger partial charge in [-0.25, -0.2) is 0 Å². The minimum Gasteiger partial charge on any atom is -0.0683 e. The Morgan fingerprint density at radius 2 is 0.750 bits per heavy atom. The minimum absolute atomic E-state index is 0.214. The summed E-state index contributed by atoms with van der Waals surface area (Å²) in [5.41, 5.74) is 4.07. The third-order valence-corrected chi connectivity index (χ3v) is 4.37. The maximum Gasteiger partial charge on any atom is -0.00985 e. The van der Waals surface area contributed by atoms with Gasteiger partial charge >= 0.3 is 0 Å². The van der Waals surface area contributed by atoms with Crippen molar-refractivity contribution >= 4 is 0 Å². The Bertz CT molecular complexity index is 446. The smallest absolute Gasteiger partial charge is 0.00985 e. The van der Waals surface area contributed by atoms with Gasteiger partial charge in [0.05, 0.1) is 0 Å². The van der Waals surface area contributed by atoms with Gasteiger partial charge in [0.25, 0.3) is 0 Å². The van der Waals surface area contributed by atoms with E-state index in [2.05, 4.69) is 93.5 Å². The topological polar surface area (TPSA) is 0 Å². The van der Waals surface area contributed by atoms with Crippen LogP contribution in [0.1, 0.15) is 135 Å². The van der Waals surface area contributed by atoms with Crippen molar-refractivity contribution in [2.45, 2.75) is 134 Å². The highest BCUT2D eigenvalue weighted by molar-refractivity contribution is 5.33. The maximum absolute atomic E-state index is 2.46. The van der Waals surface area contributed by atoms with E-state index in [1.807, 2.05) is 41.5 Å². The summed E-state index contributed by atoms with van der Waals surface area (Å²) in [6, 6.07) is 9.32. The molecule has 1 aromatic carbocycles. The Morgan fingerprint density at radius 1 is 0.500 bits per heavy atom. The summed E-state index contributed by atoms with van der Waals surface area (Å²) < 4.78 is 0. The molecule has 0 unspecified atom stereocenters. The normalized spacial score (nSPS) is 11.9. The molecule has 0 bridgehead atoms. The molecule has 1 aromatic rings. The third kappa shape index (κ3) is 13.4. The zero-order chi connectivity index (χ0) is 23.4. The number of rotatable bonds is 4. The van der Waals surface area contributed by atoms with Crippen LogP contribution >= 0.6 is 0 Å². The third-order valence-electron chi connectivity index (χ3n) is 4.37. The maximum atomic E-state index is 2.46. The molecule has 0 nitrogen and oxygen atoms in total. The van der Waals surface area contributed by atoms with Crippen LogP contribution in [0.2, 0.25) is 0 Å². The van der Waals surface area contributed by atoms with E-state index in [-0.39, 0.29) is 10.8 Å². The van der Waals surface area contributed by atoms with Gasteiger partial charge < -0.3 is 0 Å². The number of hydrogen-bond donors (Lipinski definition) is 0. The molecule has 0 spiro atoms. The quantitative estimate of drug-likeness (QED) is 0.478. The average molecular weight is 393 g/mol. The molecule has 168 valence electrons. The molecule has 0 aliphatic carbocycles. The van der Waals surface area contributed by atoms with Crippen LogP contribution in [0.5, 0.6) is 0 Å². The Hall–Kier alpha value is -0.780. The van der Waals surface area contributed by atoms with E-state index in [9.17, 15) is 0 Å². The Labute approximate surface area is 180 Å². The lowest BCUT2D eigenvalue weighted by atomic mass is 9.69. The Kier molecular flexibility index (Phi) is 15.3. The van der Waals surface area contributed by atoms with E-state index in [1.54, 1.807) is 0 Å². The van der Waals surface area contributed by atoms with Crippen molar-refractivity contribution in [1.82, 2.24) is 0 Å². The van der Waals surface area contributed by atoms with Gasteiger partial charge in [0, 0.05) is 0 Å². The summed E-state index contributed by atoms with van der Waals surface area (Å²) in [4.78, 5) is 0. The van der Waals surface area contributed by atoms with Crippen LogP contribution < -0.4 is 0 Å². The molecule has 0 saturated carbocycles. The van der Waals surface area contributed by atoms with Crippen molar-refractivity contribution in [2.75, 3.05) is 0 Å². The molecule has 0 N–H and O–H groups in total. The van der Waals surface area contributed by atoms with E-state index in [0.717, 1.165) is 0 Å². The average Bonchev–Trinajstić information content (AvgIpc) is 2.56. The lowest BCUT2D eigenvalue weighted by Crippen LogP contribution is -2.27. The van der Waals surface area contributed by atoms with Crippen LogP contribution in [0.25, 0.3) is 0 Å². The Balaban J connectivity index is -0.000000946. The first-order valence-corrected chi connectivity index (χ1v) is 11.7. The van der Waals surface area contributed by atoms with Crippen LogP contribution in [0.3, 0.4) is 0 Å². The molecule has 0 saturated heterocycles. The first-order chi connectivity index (χ1) is 12.6. The SMILES string of the molecule is CC.CC.CC.CC(C)(C)CC(C)(C)c1cccc(C(C)(C)CC(C)(C)C)c1. The Morgan fingerprint density at radius 3 is 0.964 bits per heavy atom. The van der Waals surface area contributed by atoms with Gasteiger partial charge in [-0.3, -0.25) is 0 Å². The molecule has 0 amide bonds. The van der Waals surface area contributed by atoms with E-state index in [1.165, 1.54) is 24.0 Å². The summed E-state index contributed by atoms with van der Waals surface area (Å²) in [5.74, 6) is 0. The highest BCUT2D eigenvalue weighted by atomic mass is 14.4. The molecular weight excluding hydrogens is 336 g/mol. The monoisotopic (exact) mass is 392 g/mol. The van der Waals surface area contributed by atoms with Crippen molar-refractivity contribution in [3.8, 4) is 0 Å². The standard InChI is InChI=1S/C22H38.3C2H6/c1-19(2,3)15-21(7,8)17-12-11-13-18(14-17)22(9,10)16-20(4,5)6;3*1-2/h11-14H,15-16H2,1-10H3;3*1-2H3. The predicted octanol–water partition coefficient (Wildman–Crippen LogP) is 10.2. The molecule has 0 aliphatic heterocycles. The van der Waals surface area contributed by atoms with Gasteiger partial charge in [-0.2, -0.15) is 0 Å². The second kappa shape index (κ2) is 13.4. The largest absolute Gasteiger partial charge is 0.0683 e. The fourth-order valence-corrected chi connectivity index (χ4v) is 4.22. The molecule has 0 aromatic heterocycles. The summed E-state index contributed by atoms with van der Waals surface area (Å²) in [5, 5.41) is 0. The van der Waals surface area contributed by atoms with Gasteiger partial charge in [0.2, 0.25) is 0 Å². The van der Waals surface area contributed by atoms with Crippen LogP contribution in [0.15, 0.2) is 24.3 Å². The first kappa shape index (κ1) is 31.9. The number of hydrogen-bond acceptors (Lipinski definition) is 0. The van der Waals surface area contributed by atoms with Crippen molar-refractivity contribution in [1.29, 1.82) is 0 Å². The summed E-state index contributed by atoms with van der Waals surface area (Å²) >= 11 is 0. The van der Waals surface area contributed by atoms with Crippen LogP contribution in [-0.2, 0) is 10.8 Å². The highest BCUT2D eigenvalue weighted by Gasteiger charge is 2.30. The number of benzene rings is 1. The molecule has 1 rings (SSSR count). The second-order valence-corrected chi connectivity index (χ2v) is 10.8. The van der Waals surface area contributed by atoms with Gasteiger partial charge in [0.1, 0.15) is 0 Å². The van der Waals surface area contributed by atoms with Crippen molar-refractivity contribution < 1.29 is 0 Å². The lowest BCUT2D eigenvalue weighted by molar-refractivity contribution is 0.278. The lowest BCUT2D eigenvalue weighted by Gasteiger charge is -2.36. The predicted molar refractivity (Wildman–Crippen MR) is 135 cm³/mol. The molecular formula is C28H56. The molecule has 0 atom stereocenters.